The van der Waals surface area contributed by atoms with Gasteiger partial charge in [-0.05, 0) is 48.4 Å². The molecule has 2 aromatic carbocycles. The molecule has 0 fully saturated rings. The molecule has 1 nitrogen and oxygen atoms in total. The van der Waals surface area contributed by atoms with Gasteiger partial charge in [0.25, 0.3) is 0 Å². The van der Waals surface area contributed by atoms with Gasteiger partial charge in [-0.25, -0.2) is 0 Å². The van der Waals surface area contributed by atoms with Crippen molar-refractivity contribution in [3.8, 4) is 5.75 Å². The van der Waals surface area contributed by atoms with Crippen LogP contribution in [0.2, 0.25) is 0 Å². The summed E-state index contributed by atoms with van der Waals surface area (Å²) in [7, 11) is 0. The van der Waals surface area contributed by atoms with E-state index in [0.29, 0.717) is 5.75 Å². The van der Waals surface area contributed by atoms with Gasteiger partial charge in [0.15, 0.2) is 0 Å². The highest BCUT2D eigenvalue weighted by atomic mass is 16.3. The summed E-state index contributed by atoms with van der Waals surface area (Å²) in [5, 5.41) is 10.5. The van der Waals surface area contributed by atoms with Gasteiger partial charge >= 0.3 is 0 Å². The lowest BCUT2D eigenvalue weighted by atomic mass is 9.73. The van der Waals surface area contributed by atoms with Crippen molar-refractivity contribution in [1.29, 1.82) is 0 Å². The van der Waals surface area contributed by atoms with Crippen LogP contribution in [0.5, 0.6) is 5.75 Å². The van der Waals surface area contributed by atoms with E-state index in [-0.39, 0.29) is 5.41 Å². The molecule has 0 saturated heterocycles. The van der Waals surface area contributed by atoms with Gasteiger partial charge in [0.1, 0.15) is 5.75 Å². The molecule has 1 heteroatoms. The van der Waals surface area contributed by atoms with Crippen LogP contribution in [0.3, 0.4) is 0 Å². The summed E-state index contributed by atoms with van der Waals surface area (Å²) in [6, 6.07) is 14.7. The third-order valence-corrected chi connectivity index (χ3v) is 6.10. The van der Waals surface area contributed by atoms with Crippen molar-refractivity contribution < 1.29 is 5.11 Å². The van der Waals surface area contributed by atoms with Crippen molar-refractivity contribution in [3.63, 3.8) is 0 Å². The van der Waals surface area contributed by atoms with Gasteiger partial charge < -0.3 is 5.11 Å². The van der Waals surface area contributed by atoms with Crippen LogP contribution in [0.4, 0.5) is 0 Å². The Bertz CT molecular complexity index is 714. The quantitative estimate of drug-likeness (QED) is 0.370. The number of aromatic hydroxyl groups is 1. The molecule has 0 aliphatic carbocycles. The fraction of sp³-hybridized carbons (Fsp3) is 0.556. The highest BCUT2D eigenvalue weighted by molar-refractivity contribution is 5.50. The van der Waals surface area contributed by atoms with Crippen LogP contribution in [0, 0.1) is 0 Å². The van der Waals surface area contributed by atoms with E-state index in [9.17, 15) is 5.11 Å². The molecule has 1 N–H and O–H groups in total. The fourth-order valence-electron chi connectivity index (χ4n) is 4.37. The fourth-order valence-corrected chi connectivity index (χ4v) is 4.37. The number of aryl methyl sites for hydroxylation is 1. The topological polar surface area (TPSA) is 20.2 Å². The molecule has 0 spiro atoms. The standard InChI is InChI=1S/C27H40O/c1-5-7-9-11-16-22-17-15-20-24(23(22)18-12-10-8-6-2)27(3,4)25-19-13-14-21-26(25)28/h13-15,17,19-21,28H,5-12,16,18H2,1-4H3. The molecular formula is C27H40O. The third-order valence-electron chi connectivity index (χ3n) is 6.10. The first-order valence-corrected chi connectivity index (χ1v) is 11.4. The van der Waals surface area contributed by atoms with Crippen molar-refractivity contribution >= 4 is 0 Å². The van der Waals surface area contributed by atoms with Crippen molar-refractivity contribution in [3.05, 3.63) is 64.7 Å². The van der Waals surface area contributed by atoms with Crippen molar-refractivity contribution in [2.24, 2.45) is 0 Å². The molecule has 154 valence electrons. The zero-order valence-electron chi connectivity index (χ0n) is 18.6. The van der Waals surface area contributed by atoms with Gasteiger partial charge in [0.2, 0.25) is 0 Å². The molecule has 2 aromatic rings. The molecule has 0 saturated carbocycles. The SMILES string of the molecule is CCCCCCc1cccc(C(C)(C)c2ccccc2O)c1CCCCCC. The molecule has 0 radical (unpaired) electrons. The summed E-state index contributed by atoms with van der Waals surface area (Å²) in [5.74, 6) is 0.401. The second-order valence-electron chi connectivity index (χ2n) is 8.71. The van der Waals surface area contributed by atoms with Gasteiger partial charge in [0.05, 0.1) is 0 Å². The summed E-state index contributed by atoms with van der Waals surface area (Å²) in [5.41, 5.74) is 5.26. The van der Waals surface area contributed by atoms with Crippen LogP contribution in [-0.4, -0.2) is 5.11 Å². The molecule has 0 unspecified atom stereocenters. The zero-order valence-corrected chi connectivity index (χ0v) is 18.6. The smallest absolute Gasteiger partial charge is 0.119 e. The highest BCUT2D eigenvalue weighted by Crippen LogP contribution is 2.39. The number of unbranched alkanes of at least 4 members (excludes halogenated alkanes) is 6. The van der Waals surface area contributed by atoms with Crippen LogP contribution in [0.25, 0.3) is 0 Å². The predicted molar refractivity (Wildman–Crippen MR) is 122 cm³/mol. The number of rotatable bonds is 12. The van der Waals surface area contributed by atoms with E-state index in [1.807, 2.05) is 18.2 Å². The lowest BCUT2D eigenvalue weighted by Gasteiger charge is -2.30. The number of phenols is 1. The zero-order chi connectivity index (χ0) is 20.4. The Morgan fingerprint density at radius 2 is 1.29 bits per heavy atom. The van der Waals surface area contributed by atoms with Crippen LogP contribution >= 0.6 is 0 Å². The molecular weight excluding hydrogens is 340 g/mol. The second-order valence-corrected chi connectivity index (χ2v) is 8.71. The average molecular weight is 381 g/mol. The predicted octanol–water partition coefficient (Wildman–Crippen LogP) is 7.96. The van der Waals surface area contributed by atoms with E-state index in [2.05, 4.69) is 52.0 Å². The number of para-hydroxylation sites is 1. The Hall–Kier alpha value is -1.76. The van der Waals surface area contributed by atoms with Gasteiger partial charge in [-0.3, -0.25) is 0 Å². The lowest BCUT2D eigenvalue weighted by molar-refractivity contribution is 0.452. The van der Waals surface area contributed by atoms with Crippen LogP contribution in [0.1, 0.15) is 101 Å². The van der Waals surface area contributed by atoms with Gasteiger partial charge in [-0.1, -0.05) is 103 Å². The molecule has 0 aromatic heterocycles. The Labute approximate surface area is 173 Å². The average Bonchev–Trinajstić information content (AvgIpc) is 2.69. The molecule has 0 aliphatic rings. The van der Waals surface area contributed by atoms with Crippen LogP contribution in [-0.2, 0) is 18.3 Å². The number of benzene rings is 2. The van der Waals surface area contributed by atoms with Gasteiger partial charge in [-0.15, -0.1) is 0 Å². The first-order chi connectivity index (χ1) is 13.5. The molecule has 28 heavy (non-hydrogen) atoms. The first kappa shape index (κ1) is 22.5. The molecule has 0 atom stereocenters. The van der Waals surface area contributed by atoms with Crippen molar-refractivity contribution in [2.75, 3.05) is 0 Å². The number of hydrogen-bond acceptors (Lipinski definition) is 1. The normalized spacial score (nSPS) is 11.7. The Kier molecular flexibility index (Phi) is 9.09. The van der Waals surface area contributed by atoms with Crippen molar-refractivity contribution in [2.45, 2.75) is 97.3 Å². The molecule has 0 aliphatic heterocycles. The Balaban J connectivity index is 2.36. The Morgan fingerprint density at radius 1 is 0.679 bits per heavy atom. The second kappa shape index (κ2) is 11.3. The monoisotopic (exact) mass is 380 g/mol. The highest BCUT2D eigenvalue weighted by Gasteiger charge is 2.29. The van der Waals surface area contributed by atoms with E-state index >= 15 is 0 Å². The van der Waals surface area contributed by atoms with Gasteiger partial charge in [-0.2, -0.15) is 0 Å². The van der Waals surface area contributed by atoms with E-state index in [1.165, 1.54) is 74.5 Å². The van der Waals surface area contributed by atoms with E-state index < -0.39 is 0 Å². The maximum absolute atomic E-state index is 10.5. The first-order valence-electron chi connectivity index (χ1n) is 11.4. The molecule has 0 amide bonds. The molecule has 0 bridgehead atoms. The molecule has 0 heterocycles. The minimum Gasteiger partial charge on any atom is -0.508 e. The van der Waals surface area contributed by atoms with E-state index in [1.54, 1.807) is 0 Å². The maximum Gasteiger partial charge on any atom is 0.119 e. The summed E-state index contributed by atoms with van der Waals surface area (Å²) in [4.78, 5) is 0. The van der Waals surface area contributed by atoms with Crippen LogP contribution < -0.4 is 0 Å². The molecule has 2 rings (SSSR count). The Morgan fingerprint density at radius 3 is 1.93 bits per heavy atom. The largest absolute Gasteiger partial charge is 0.508 e. The summed E-state index contributed by atoms with van der Waals surface area (Å²) < 4.78 is 0. The lowest BCUT2D eigenvalue weighted by Crippen LogP contribution is -2.22. The summed E-state index contributed by atoms with van der Waals surface area (Å²) >= 11 is 0. The van der Waals surface area contributed by atoms with Crippen molar-refractivity contribution in [1.82, 2.24) is 0 Å². The van der Waals surface area contributed by atoms with Crippen LogP contribution in [0.15, 0.2) is 42.5 Å². The third kappa shape index (κ3) is 5.87. The van der Waals surface area contributed by atoms with Gasteiger partial charge in [0, 0.05) is 11.0 Å². The maximum atomic E-state index is 10.5. The minimum absolute atomic E-state index is 0.204. The van der Waals surface area contributed by atoms with E-state index in [0.717, 1.165) is 12.0 Å². The number of hydrogen-bond donors (Lipinski definition) is 1. The summed E-state index contributed by atoms with van der Waals surface area (Å²) in [6.45, 7) is 9.06. The summed E-state index contributed by atoms with van der Waals surface area (Å²) in [6.07, 6.45) is 12.7. The van der Waals surface area contributed by atoms with E-state index in [4.69, 9.17) is 0 Å². The minimum atomic E-state index is -0.204. The number of phenolic OH excluding ortho intramolecular Hbond substituents is 1.